The van der Waals surface area contributed by atoms with E-state index in [9.17, 15) is 18.0 Å². The Kier molecular flexibility index (Phi) is 4.30. The van der Waals surface area contributed by atoms with Crippen LogP contribution in [0.5, 0.6) is 0 Å². The standard InChI is InChI=1S/C13H19N3O5S/c1-14(2)12(17)11-7-9(8-15(11)3)22(20,21)16-6-4-5-10(16)13(18)19/h7-8,10H,4-6H2,1-3H3,(H,18,19)/t10-/m1/s1. The lowest BCUT2D eigenvalue weighted by molar-refractivity contribution is -0.140. The number of hydrogen-bond donors (Lipinski definition) is 1. The molecule has 1 fully saturated rings. The highest BCUT2D eigenvalue weighted by Crippen LogP contribution is 2.27. The summed E-state index contributed by atoms with van der Waals surface area (Å²) >= 11 is 0. The topological polar surface area (TPSA) is 99.9 Å². The second-order valence-corrected chi connectivity index (χ2v) is 7.37. The minimum absolute atomic E-state index is 0.0617. The molecule has 22 heavy (non-hydrogen) atoms. The van der Waals surface area contributed by atoms with E-state index >= 15 is 0 Å². The maximum absolute atomic E-state index is 12.6. The Labute approximate surface area is 129 Å². The molecule has 0 bridgehead atoms. The first-order valence-electron chi connectivity index (χ1n) is 6.79. The number of aryl methyl sites for hydroxylation is 1. The van der Waals surface area contributed by atoms with E-state index in [-0.39, 0.29) is 23.0 Å². The zero-order valence-electron chi connectivity index (χ0n) is 12.7. The van der Waals surface area contributed by atoms with Gasteiger partial charge >= 0.3 is 5.97 Å². The van der Waals surface area contributed by atoms with Crippen LogP contribution in [0.25, 0.3) is 0 Å². The molecular formula is C13H19N3O5S. The zero-order chi connectivity index (χ0) is 16.7. The number of carbonyl (C=O) groups is 2. The average molecular weight is 329 g/mol. The summed E-state index contributed by atoms with van der Waals surface area (Å²) in [6.45, 7) is 0.172. The van der Waals surface area contributed by atoms with Crippen LogP contribution in [0.15, 0.2) is 17.2 Å². The van der Waals surface area contributed by atoms with Gasteiger partial charge in [-0.1, -0.05) is 0 Å². The van der Waals surface area contributed by atoms with Crippen LogP contribution in [0.4, 0.5) is 0 Å². The van der Waals surface area contributed by atoms with Gasteiger partial charge in [-0.05, 0) is 18.9 Å². The SMILES string of the molecule is CN(C)C(=O)c1cc(S(=O)(=O)N2CCC[C@@H]2C(=O)O)cn1C. The van der Waals surface area contributed by atoms with Gasteiger partial charge in [-0.15, -0.1) is 0 Å². The summed E-state index contributed by atoms with van der Waals surface area (Å²) in [5, 5.41) is 9.14. The molecule has 1 aromatic rings. The maximum atomic E-state index is 12.6. The van der Waals surface area contributed by atoms with Crippen molar-refractivity contribution >= 4 is 21.9 Å². The first-order chi connectivity index (χ1) is 10.2. The number of rotatable bonds is 4. The van der Waals surface area contributed by atoms with Crippen LogP contribution in [0.3, 0.4) is 0 Å². The van der Waals surface area contributed by atoms with Crippen LogP contribution in [-0.2, 0) is 21.9 Å². The van der Waals surface area contributed by atoms with Gasteiger partial charge in [0.15, 0.2) is 0 Å². The molecule has 0 spiro atoms. The van der Waals surface area contributed by atoms with Gasteiger partial charge in [0, 0.05) is 33.9 Å². The number of carboxylic acid groups (broad SMARTS) is 1. The summed E-state index contributed by atoms with van der Waals surface area (Å²) in [4.78, 5) is 24.5. The molecule has 1 aliphatic rings. The molecule has 0 saturated carbocycles. The fourth-order valence-corrected chi connectivity index (χ4v) is 4.25. The fraction of sp³-hybridized carbons (Fsp3) is 0.538. The third-order valence-electron chi connectivity index (χ3n) is 3.70. The van der Waals surface area contributed by atoms with Gasteiger partial charge in [0.25, 0.3) is 5.91 Å². The van der Waals surface area contributed by atoms with Crippen molar-refractivity contribution in [3.8, 4) is 0 Å². The van der Waals surface area contributed by atoms with Gasteiger partial charge in [0.1, 0.15) is 16.6 Å². The summed E-state index contributed by atoms with van der Waals surface area (Å²) < 4.78 is 27.7. The van der Waals surface area contributed by atoms with E-state index in [1.165, 1.54) is 21.7 Å². The lowest BCUT2D eigenvalue weighted by Gasteiger charge is -2.20. The molecule has 8 nitrogen and oxygen atoms in total. The molecule has 1 atom stereocenters. The van der Waals surface area contributed by atoms with Gasteiger partial charge in [-0.2, -0.15) is 4.31 Å². The quantitative estimate of drug-likeness (QED) is 0.836. The smallest absolute Gasteiger partial charge is 0.322 e. The van der Waals surface area contributed by atoms with E-state index in [0.29, 0.717) is 12.8 Å². The normalized spacial score (nSPS) is 19.3. The van der Waals surface area contributed by atoms with Gasteiger partial charge in [-0.3, -0.25) is 9.59 Å². The van der Waals surface area contributed by atoms with E-state index in [4.69, 9.17) is 5.11 Å². The molecule has 1 aromatic heterocycles. The summed E-state index contributed by atoms with van der Waals surface area (Å²) in [7, 11) is 0.793. The Hall–Kier alpha value is -1.87. The van der Waals surface area contributed by atoms with Crippen LogP contribution < -0.4 is 0 Å². The number of aliphatic carboxylic acids is 1. The lowest BCUT2D eigenvalue weighted by atomic mass is 10.2. The first kappa shape index (κ1) is 16.5. The first-order valence-corrected chi connectivity index (χ1v) is 8.23. The zero-order valence-corrected chi connectivity index (χ0v) is 13.5. The number of aromatic nitrogens is 1. The summed E-state index contributed by atoms with van der Waals surface area (Å²) in [5.41, 5.74) is 0.231. The third-order valence-corrected chi connectivity index (χ3v) is 5.57. The second-order valence-electron chi connectivity index (χ2n) is 5.48. The predicted octanol–water partition coefficient (Wildman–Crippen LogP) is -0.0354. The lowest BCUT2D eigenvalue weighted by Crippen LogP contribution is -2.40. The number of amides is 1. The number of carbonyl (C=O) groups excluding carboxylic acids is 1. The van der Waals surface area contributed by atoms with Crippen molar-refractivity contribution in [2.24, 2.45) is 7.05 Å². The van der Waals surface area contributed by atoms with Crippen molar-refractivity contribution in [2.75, 3.05) is 20.6 Å². The minimum Gasteiger partial charge on any atom is -0.480 e. The highest BCUT2D eigenvalue weighted by molar-refractivity contribution is 7.89. The number of hydrogen-bond acceptors (Lipinski definition) is 4. The van der Waals surface area contributed by atoms with Gasteiger partial charge in [-0.25, -0.2) is 8.42 Å². The highest BCUT2D eigenvalue weighted by Gasteiger charge is 2.40. The van der Waals surface area contributed by atoms with E-state index in [0.717, 1.165) is 4.31 Å². The molecule has 122 valence electrons. The molecule has 1 saturated heterocycles. The van der Waals surface area contributed by atoms with Crippen molar-refractivity contribution in [3.05, 3.63) is 18.0 Å². The molecule has 0 radical (unpaired) electrons. The minimum atomic E-state index is -3.93. The van der Waals surface area contributed by atoms with Crippen LogP contribution in [-0.4, -0.2) is 65.9 Å². The number of nitrogens with zero attached hydrogens (tertiary/aromatic N) is 3. The largest absolute Gasteiger partial charge is 0.480 e. The second kappa shape index (κ2) is 5.73. The maximum Gasteiger partial charge on any atom is 0.322 e. The Morgan fingerprint density at radius 1 is 1.36 bits per heavy atom. The van der Waals surface area contributed by atoms with Gasteiger partial charge < -0.3 is 14.6 Å². The van der Waals surface area contributed by atoms with E-state index in [2.05, 4.69) is 0 Å². The molecule has 2 heterocycles. The molecule has 2 rings (SSSR count). The molecule has 0 unspecified atom stereocenters. The van der Waals surface area contributed by atoms with Crippen molar-refractivity contribution in [2.45, 2.75) is 23.8 Å². The molecule has 0 aliphatic carbocycles. The van der Waals surface area contributed by atoms with Crippen molar-refractivity contribution in [3.63, 3.8) is 0 Å². The third kappa shape index (κ3) is 2.73. The molecule has 0 aromatic carbocycles. The van der Waals surface area contributed by atoms with E-state index < -0.39 is 22.0 Å². The monoisotopic (exact) mass is 329 g/mol. The van der Waals surface area contributed by atoms with Gasteiger partial charge in [0.05, 0.1) is 0 Å². The van der Waals surface area contributed by atoms with Crippen LogP contribution in [0.1, 0.15) is 23.3 Å². The Bertz CT molecular complexity index is 707. The van der Waals surface area contributed by atoms with Crippen molar-refractivity contribution in [1.82, 2.24) is 13.8 Å². The Morgan fingerprint density at radius 3 is 2.55 bits per heavy atom. The summed E-state index contributed by atoms with van der Waals surface area (Å²) in [6.07, 6.45) is 2.14. The molecule has 9 heteroatoms. The predicted molar refractivity (Wildman–Crippen MR) is 78.0 cm³/mol. The molecule has 1 amide bonds. The van der Waals surface area contributed by atoms with E-state index in [1.54, 1.807) is 21.1 Å². The number of carboxylic acids is 1. The summed E-state index contributed by atoms with van der Waals surface area (Å²) in [5.74, 6) is -1.47. The Morgan fingerprint density at radius 2 is 2.00 bits per heavy atom. The highest BCUT2D eigenvalue weighted by atomic mass is 32.2. The Balaban J connectivity index is 2.41. The van der Waals surface area contributed by atoms with Crippen LogP contribution in [0, 0.1) is 0 Å². The van der Waals surface area contributed by atoms with E-state index in [1.807, 2.05) is 0 Å². The van der Waals surface area contributed by atoms with Crippen LogP contribution >= 0.6 is 0 Å². The van der Waals surface area contributed by atoms with Crippen LogP contribution in [0.2, 0.25) is 0 Å². The van der Waals surface area contributed by atoms with Gasteiger partial charge in [0.2, 0.25) is 10.0 Å². The number of sulfonamides is 1. The fourth-order valence-electron chi connectivity index (χ4n) is 2.53. The van der Waals surface area contributed by atoms with Crippen molar-refractivity contribution < 1.29 is 23.1 Å². The summed E-state index contributed by atoms with van der Waals surface area (Å²) in [6, 6.07) is 0.243. The molecule has 1 aliphatic heterocycles. The molecular weight excluding hydrogens is 310 g/mol. The average Bonchev–Trinajstić information content (AvgIpc) is 3.04. The molecule has 1 N–H and O–H groups in total. The van der Waals surface area contributed by atoms with Crippen molar-refractivity contribution in [1.29, 1.82) is 0 Å².